The molecule has 148 valence electrons. The first kappa shape index (κ1) is 19.7. The Morgan fingerprint density at radius 1 is 1.17 bits per heavy atom. The maximum Gasteiger partial charge on any atom is 0.335 e. The third kappa shape index (κ3) is 3.95. The fraction of sp³-hybridized carbons (Fsp3) is 0.158. The van der Waals surface area contributed by atoms with Crippen LogP contribution in [0.1, 0.15) is 5.56 Å². The van der Waals surface area contributed by atoms with Gasteiger partial charge in [0.1, 0.15) is 5.75 Å². The molecule has 0 unspecified atom stereocenters. The molecule has 0 spiro atoms. The predicted octanol–water partition coefficient (Wildman–Crippen LogP) is 2.51. The zero-order valence-electron chi connectivity index (χ0n) is 15.5. The molecule has 10 heteroatoms. The Kier molecular flexibility index (Phi) is 5.35. The van der Waals surface area contributed by atoms with Crippen LogP contribution in [0.4, 0.5) is 21.9 Å². The van der Waals surface area contributed by atoms with Gasteiger partial charge in [0.05, 0.1) is 23.4 Å². The number of nitrogens with zero attached hydrogens (tertiary/aromatic N) is 3. The van der Waals surface area contributed by atoms with Crippen LogP contribution in [-0.4, -0.2) is 36.1 Å². The summed E-state index contributed by atoms with van der Waals surface area (Å²) in [6.45, 7) is 1.69. The van der Waals surface area contributed by atoms with Crippen molar-refractivity contribution in [2.45, 2.75) is 6.92 Å². The van der Waals surface area contributed by atoms with Crippen molar-refractivity contribution in [2.75, 3.05) is 12.0 Å². The van der Waals surface area contributed by atoms with Crippen molar-refractivity contribution in [3.05, 3.63) is 58.1 Å². The van der Waals surface area contributed by atoms with E-state index in [2.05, 4.69) is 10.3 Å². The van der Waals surface area contributed by atoms with Gasteiger partial charge in [-0.15, -0.1) is 0 Å². The number of imide groups is 2. The summed E-state index contributed by atoms with van der Waals surface area (Å²) in [5.74, 6) is -2.44. The monoisotopic (exact) mass is 396 g/mol. The quantitative estimate of drug-likeness (QED) is 0.357. The third-order valence-corrected chi connectivity index (χ3v) is 4.30. The first-order valence-electron chi connectivity index (χ1n) is 8.44. The van der Waals surface area contributed by atoms with Crippen LogP contribution in [0.3, 0.4) is 0 Å². The van der Waals surface area contributed by atoms with Crippen molar-refractivity contribution < 1.29 is 24.0 Å². The van der Waals surface area contributed by atoms with E-state index in [1.54, 1.807) is 19.1 Å². The van der Waals surface area contributed by atoms with Gasteiger partial charge in [-0.1, -0.05) is 6.07 Å². The van der Waals surface area contributed by atoms with Crippen molar-refractivity contribution in [1.29, 1.82) is 0 Å². The van der Waals surface area contributed by atoms with Gasteiger partial charge < -0.3 is 4.74 Å². The summed E-state index contributed by atoms with van der Waals surface area (Å²) in [6, 6.07) is 9.36. The molecular formula is C19H16N4O6. The smallest absolute Gasteiger partial charge is 0.335 e. The van der Waals surface area contributed by atoms with E-state index >= 15 is 0 Å². The van der Waals surface area contributed by atoms with Crippen molar-refractivity contribution in [1.82, 2.24) is 5.32 Å². The average Bonchev–Trinajstić information content (AvgIpc) is 2.69. The molecule has 1 atom stereocenters. The third-order valence-electron chi connectivity index (χ3n) is 4.30. The minimum absolute atomic E-state index is 0.169. The Bertz CT molecular complexity index is 1030. The largest absolute Gasteiger partial charge is 0.497 e. The topological polar surface area (TPSA) is 131 Å². The molecule has 0 aliphatic carbocycles. The van der Waals surface area contributed by atoms with E-state index in [1.807, 2.05) is 0 Å². The first-order valence-corrected chi connectivity index (χ1v) is 8.44. The van der Waals surface area contributed by atoms with Gasteiger partial charge in [-0.25, -0.2) is 9.69 Å². The molecule has 1 heterocycles. The average molecular weight is 396 g/mol. The SMILES string of the molecule is COc1ccc(N2C(=O)NC(=O)[C@@H](C=Nc3cc([N+](=O)[O-])ccc3C)C2=O)cc1. The lowest BCUT2D eigenvalue weighted by Crippen LogP contribution is -2.58. The second kappa shape index (κ2) is 7.89. The number of rotatable bonds is 5. The number of nitro groups is 1. The van der Waals surface area contributed by atoms with Crippen molar-refractivity contribution in [3.8, 4) is 5.75 Å². The van der Waals surface area contributed by atoms with Crippen LogP contribution in [0.5, 0.6) is 5.75 Å². The molecule has 0 radical (unpaired) electrons. The molecule has 2 aromatic rings. The molecule has 1 aliphatic rings. The molecule has 4 amide bonds. The highest BCUT2D eigenvalue weighted by molar-refractivity contribution is 6.32. The summed E-state index contributed by atoms with van der Waals surface area (Å²) in [5.41, 5.74) is 0.953. The lowest BCUT2D eigenvalue weighted by molar-refractivity contribution is -0.384. The number of urea groups is 1. The van der Waals surface area contributed by atoms with E-state index in [9.17, 15) is 24.5 Å². The Morgan fingerprint density at radius 3 is 2.48 bits per heavy atom. The number of amides is 4. The molecule has 29 heavy (non-hydrogen) atoms. The fourth-order valence-electron chi connectivity index (χ4n) is 2.70. The number of hydrogen-bond donors (Lipinski definition) is 1. The number of carbonyl (C=O) groups excluding carboxylic acids is 3. The maximum absolute atomic E-state index is 12.8. The lowest BCUT2D eigenvalue weighted by atomic mass is 10.1. The van der Waals surface area contributed by atoms with Crippen LogP contribution in [0, 0.1) is 23.0 Å². The number of benzene rings is 2. The zero-order chi connectivity index (χ0) is 21.1. The Hall–Kier alpha value is -4.08. The number of hydrogen-bond acceptors (Lipinski definition) is 7. The molecule has 1 N–H and O–H groups in total. The Labute approximate surface area is 164 Å². The number of methoxy groups -OCH3 is 1. The van der Waals surface area contributed by atoms with E-state index in [-0.39, 0.29) is 17.1 Å². The number of nitro benzene ring substituents is 1. The number of anilines is 1. The summed E-state index contributed by atoms with van der Waals surface area (Å²) >= 11 is 0. The molecule has 3 rings (SSSR count). The fourth-order valence-corrected chi connectivity index (χ4v) is 2.70. The molecule has 0 saturated carbocycles. The normalized spacial score (nSPS) is 16.8. The molecular weight excluding hydrogens is 380 g/mol. The Balaban J connectivity index is 1.90. The number of ether oxygens (including phenoxy) is 1. The summed E-state index contributed by atoms with van der Waals surface area (Å²) < 4.78 is 5.05. The predicted molar refractivity (Wildman–Crippen MR) is 103 cm³/mol. The first-order chi connectivity index (χ1) is 13.8. The number of carbonyl (C=O) groups is 3. The van der Waals surface area contributed by atoms with Gasteiger partial charge >= 0.3 is 6.03 Å². The molecule has 1 aliphatic heterocycles. The lowest BCUT2D eigenvalue weighted by Gasteiger charge is -2.28. The van der Waals surface area contributed by atoms with Gasteiger partial charge in [0.25, 0.3) is 11.6 Å². The van der Waals surface area contributed by atoms with Crippen LogP contribution >= 0.6 is 0 Å². The van der Waals surface area contributed by atoms with Crippen molar-refractivity contribution in [2.24, 2.45) is 10.9 Å². The molecule has 1 saturated heterocycles. The molecule has 1 fully saturated rings. The minimum atomic E-state index is -1.37. The second-order valence-electron chi connectivity index (χ2n) is 6.15. The van der Waals surface area contributed by atoms with Crippen molar-refractivity contribution in [3.63, 3.8) is 0 Å². The number of aryl methyl sites for hydroxylation is 1. The van der Waals surface area contributed by atoms with Crippen LogP contribution in [0.25, 0.3) is 0 Å². The van der Waals surface area contributed by atoms with Crippen LogP contribution in [-0.2, 0) is 9.59 Å². The molecule has 0 bridgehead atoms. The van der Waals surface area contributed by atoms with Crippen LogP contribution in [0.2, 0.25) is 0 Å². The molecule has 10 nitrogen and oxygen atoms in total. The molecule has 0 aromatic heterocycles. The number of aliphatic imine (C=N–C) groups is 1. The summed E-state index contributed by atoms with van der Waals surface area (Å²) in [6.07, 6.45) is 1.08. The summed E-state index contributed by atoms with van der Waals surface area (Å²) in [5, 5.41) is 13.1. The van der Waals surface area contributed by atoms with Gasteiger partial charge in [0.2, 0.25) is 5.91 Å². The summed E-state index contributed by atoms with van der Waals surface area (Å²) in [7, 11) is 1.48. The van der Waals surface area contributed by atoms with E-state index in [0.29, 0.717) is 11.3 Å². The number of non-ortho nitro benzene ring substituents is 1. The van der Waals surface area contributed by atoms with E-state index in [4.69, 9.17) is 4.74 Å². The summed E-state index contributed by atoms with van der Waals surface area (Å²) in [4.78, 5) is 52.4. The van der Waals surface area contributed by atoms with Gasteiger partial charge in [-0.05, 0) is 36.8 Å². The van der Waals surface area contributed by atoms with Gasteiger partial charge in [0.15, 0.2) is 5.92 Å². The highest BCUT2D eigenvalue weighted by atomic mass is 16.6. The minimum Gasteiger partial charge on any atom is -0.497 e. The van der Waals surface area contributed by atoms with E-state index in [0.717, 1.165) is 11.1 Å². The number of barbiturate groups is 1. The highest BCUT2D eigenvalue weighted by Gasteiger charge is 2.40. The zero-order valence-corrected chi connectivity index (χ0v) is 15.5. The van der Waals surface area contributed by atoms with E-state index < -0.39 is 28.7 Å². The second-order valence-corrected chi connectivity index (χ2v) is 6.15. The van der Waals surface area contributed by atoms with Crippen LogP contribution < -0.4 is 15.0 Å². The van der Waals surface area contributed by atoms with Crippen molar-refractivity contribution >= 4 is 41.1 Å². The highest BCUT2D eigenvalue weighted by Crippen LogP contribution is 2.26. The maximum atomic E-state index is 12.8. The van der Waals surface area contributed by atoms with Gasteiger partial charge in [0, 0.05) is 18.3 Å². The van der Waals surface area contributed by atoms with Crippen LogP contribution in [0.15, 0.2) is 47.5 Å². The Morgan fingerprint density at radius 2 is 1.86 bits per heavy atom. The number of nitrogens with one attached hydrogen (secondary N) is 1. The van der Waals surface area contributed by atoms with Gasteiger partial charge in [-0.2, -0.15) is 0 Å². The van der Waals surface area contributed by atoms with E-state index in [1.165, 1.54) is 37.4 Å². The van der Waals surface area contributed by atoms with Gasteiger partial charge in [-0.3, -0.25) is 30.0 Å². The molecule has 2 aromatic carbocycles. The standard InChI is InChI=1S/C19H16N4O6/c1-11-3-4-13(23(27)28)9-16(11)20-10-15-17(24)21-19(26)22(18(15)25)12-5-7-14(29-2)8-6-12/h3-10,15H,1-2H3,(H,21,24,26)/t15-/m1/s1.